The van der Waals surface area contributed by atoms with Crippen molar-refractivity contribution in [3.05, 3.63) is 0 Å². The quantitative estimate of drug-likeness (QED) is 0.681. The first-order chi connectivity index (χ1) is 8.35. The molecule has 0 amide bonds. The van der Waals surface area contributed by atoms with Crippen LogP contribution < -0.4 is 5.73 Å². The minimum absolute atomic E-state index is 0.119. The molecule has 2 atom stereocenters. The van der Waals surface area contributed by atoms with Gasteiger partial charge in [0, 0.05) is 12.0 Å². The molecule has 2 N–H and O–H groups in total. The topological polar surface area (TPSA) is 44.5 Å². The molecule has 19 heavy (non-hydrogen) atoms. The van der Waals surface area contributed by atoms with Crippen molar-refractivity contribution in [3.63, 3.8) is 0 Å². The van der Waals surface area contributed by atoms with Crippen molar-refractivity contribution in [2.45, 2.75) is 86.2 Å². The highest BCUT2D eigenvalue weighted by atomic mass is 16.5. The van der Waals surface area contributed by atoms with Gasteiger partial charge in [0.25, 0.3) is 0 Å². The zero-order chi connectivity index (χ0) is 15.5. The lowest BCUT2D eigenvalue weighted by Gasteiger charge is -2.43. The van der Waals surface area contributed by atoms with E-state index in [0.29, 0.717) is 12.5 Å². The summed E-state index contributed by atoms with van der Waals surface area (Å²) >= 11 is 0. The summed E-state index contributed by atoms with van der Waals surface area (Å²) in [6, 6.07) is 0. The third kappa shape index (κ3) is 5.41. The van der Waals surface area contributed by atoms with Gasteiger partial charge in [-0.2, -0.15) is 0 Å². The number of hydrogen-bond donors (Lipinski definition) is 1. The molecule has 0 radical (unpaired) electrons. The van der Waals surface area contributed by atoms with E-state index in [1.54, 1.807) is 0 Å². The van der Waals surface area contributed by atoms with Crippen molar-refractivity contribution in [2.24, 2.45) is 17.1 Å². The molecule has 116 valence electrons. The molecule has 0 bridgehead atoms. The highest BCUT2D eigenvalue weighted by Crippen LogP contribution is 2.36. The SMILES string of the molecule is CCOC(C)(N)C(C)(C)CC(C)OC(C)(C)C(C)C. The minimum atomic E-state index is -0.638. The fourth-order valence-electron chi connectivity index (χ4n) is 2.11. The Morgan fingerprint density at radius 1 is 1.00 bits per heavy atom. The van der Waals surface area contributed by atoms with Gasteiger partial charge in [0.05, 0.1) is 11.7 Å². The molecule has 0 aromatic heterocycles. The molecule has 2 unspecified atom stereocenters. The summed E-state index contributed by atoms with van der Waals surface area (Å²) in [5, 5.41) is 0. The second-order valence-electron chi connectivity index (χ2n) is 7.31. The number of nitrogens with two attached hydrogens (primary N) is 1. The summed E-state index contributed by atoms with van der Waals surface area (Å²) in [5.41, 5.74) is 5.40. The summed E-state index contributed by atoms with van der Waals surface area (Å²) in [4.78, 5) is 0. The van der Waals surface area contributed by atoms with Crippen LogP contribution in [0.4, 0.5) is 0 Å². The fraction of sp³-hybridized carbons (Fsp3) is 1.00. The van der Waals surface area contributed by atoms with E-state index < -0.39 is 5.72 Å². The van der Waals surface area contributed by atoms with Crippen LogP contribution in [0.3, 0.4) is 0 Å². The smallest absolute Gasteiger partial charge is 0.119 e. The summed E-state index contributed by atoms with van der Waals surface area (Å²) < 4.78 is 11.9. The summed E-state index contributed by atoms with van der Waals surface area (Å²) in [7, 11) is 0. The molecule has 0 aliphatic carbocycles. The van der Waals surface area contributed by atoms with Crippen molar-refractivity contribution in [1.29, 1.82) is 0 Å². The molecule has 0 rings (SSSR count). The molecule has 0 aliphatic heterocycles. The Morgan fingerprint density at radius 2 is 1.47 bits per heavy atom. The lowest BCUT2D eigenvalue weighted by Crippen LogP contribution is -2.54. The standard InChI is InChI=1S/C16H35NO2/c1-10-18-16(9,17)14(5,6)11-13(4)19-15(7,8)12(2)3/h12-13H,10-11,17H2,1-9H3. The average Bonchev–Trinajstić information content (AvgIpc) is 2.14. The van der Waals surface area contributed by atoms with Crippen LogP contribution >= 0.6 is 0 Å². The van der Waals surface area contributed by atoms with Crippen molar-refractivity contribution < 1.29 is 9.47 Å². The van der Waals surface area contributed by atoms with Gasteiger partial charge < -0.3 is 15.2 Å². The van der Waals surface area contributed by atoms with Crippen LogP contribution in [0.25, 0.3) is 0 Å². The van der Waals surface area contributed by atoms with Crippen LogP contribution in [0.5, 0.6) is 0 Å². The second-order valence-corrected chi connectivity index (χ2v) is 7.31. The van der Waals surface area contributed by atoms with Crippen LogP contribution in [0, 0.1) is 11.3 Å². The Hall–Kier alpha value is -0.120. The Balaban J connectivity index is 4.67. The molecule has 0 saturated carbocycles. The Morgan fingerprint density at radius 3 is 1.84 bits per heavy atom. The number of rotatable bonds is 8. The summed E-state index contributed by atoms with van der Waals surface area (Å²) in [6.45, 7) is 19.6. The molecule has 0 heterocycles. The molecule has 0 aromatic carbocycles. The fourth-order valence-corrected chi connectivity index (χ4v) is 2.11. The average molecular weight is 273 g/mol. The first-order valence-corrected chi connectivity index (χ1v) is 7.46. The van der Waals surface area contributed by atoms with Crippen LogP contribution in [0.15, 0.2) is 0 Å². The van der Waals surface area contributed by atoms with E-state index in [4.69, 9.17) is 15.2 Å². The predicted octanol–water partition coefficient (Wildman–Crippen LogP) is 3.95. The molecule has 0 fully saturated rings. The van der Waals surface area contributed by atoms with E-state index in [2.05, 4.69) is 48.5 Å². The lowest BCUT2D eigenvalue weighted by atomic mass is 9.77. The third-order valence-corrected chi connectivity index (χ3v) is 4.48. The zero-order valence-corrected chi connectivity index (χ0v) is 14.5. The second kappa shape index (κ2) is 6.55. The summed E-state index contributed by atoms with van der Waals surface area (Å²) in [6.07, 6.45) is 1.02. The van der Waals surface area contributed by atoms with E-state index in [1.165, 1.54) is 0 Å². The van der Waals surface area contributed by atoms with Gasteiger partial charge in [-0.05, 0) is 47.0 Å². The first kappa shape index (κ1) is 18.9. The molecular weight excluding hydrogens is 238 g/mol. The highest BCUT2D eigenvalue weighted by molar-refractivity contribution is 4.88. The zero-order valence-electron chi connectivity index (χ0n) is 14.5. The predicted molar refractivity (Wildman–Crippen MR) is 82.1 cm³/mol. The maximum Gasteiger partial charge on any atom is 0.119 e. The molecular formula is C16H35NO2. The van der Waals surface area contributed by atoms with Gasteiger partial charge in [0.2, 0.25) is 0 Å². The Bertz CT molecular complexity index is 270. The lowest BCUT2D eigenvalue weighted by molar-refractivity contribution is -0.145. The number of hydrogen-bond acceptors (Lipinski definition) is 3. The van der Waals surface area contributed by atoms with Gasteiger partial charge >= 0.3 is 0 Å². The van der Waals surface area contributed by atoms with Gasteiger partial charge in [-0.15, -0.1) is 0 Å². The van der Waals surface area contributed by atoms with Gasteiger partial charge in [0.15, 0.2) is 0 Å². The molecule has 0 aromatic rings. The van der Waals surface area contributed by atoms with Crippen molar-refractivity contribution >= 4 is 0 Å². The van der Waals surface area contributed by atoms with E-state index in [9.17, 15) is 0 Å². The van der Waals surface area contributed by atoms with Gasteiger partial charge in [0.1, 0.15) is 5.72 Å². The Kier molecular flexibility index (Phi) is 6.51. The number of ether oxygens (including phenoxy) is 2. The molecule has 0 aliphatic rings. The van der Waals surface area contributed by atoms with Gasteiger partial charge in [-0.1, -0.05) is 27.7 Å². The van der Waals surface area contributed by atoms with E-state index in [-0.39, 0.29) is 17.1 Å². The normalized spacial score (nSPS) is 18.5. The Labute approximate surface area is 120 Å². The maximum absolute atomic E-state index is 6.30. The van der Waals surface area contributed by atoms with Crippen LogP contribution in [-0.4, -0.2) is 24.0 Å². The molecule has 0 saturated heterocycles. The van der Waals surface area contributed by atoms with Crippen LogP contribution in [0.2, 0.25) is 0 Å². The monoisotopic (exact) mass is 273 g/mol. The van der Waals surface area contributed by atoms with Crippen LogP contribution in [0.1, 0.15) is 68.7 Å². The first-order valence-electron chi connectivity index (χ1n) is 7.46. The van der Waals surface area contributed by atoms with Gasteiger partial charge in [-0.3, -0.25) is 0 Å². The largest absolute Gasteiger partial charge is 0.372 e. The summed E-state index contributed by atoms with van der Waals surface area (Å²) in [5.74, 6) is 0.481. The third-order valence-electron chi connectivity index (χ3n) is 4.48. The van der Waals surface area contributed by atoms with Crippen LogP contribution in [-0.2, 0) is 9.47 Å². The van der Waals surface area contributed by atoms with Crippen molar-refractivity contribution in [1.82, 2.24) is 0 Å². The highest BCUT2D eigenvalue weighted by Gasteiger charge is 2.40. The van der Waals surface area contributed by atoms with E-state index in [1.807, 2.05) is 13.8 Å². The van der Waals surface area contributed by atoms with Crippen molar-refractivity contribution in [2.75, 3.05) is 6.61 Å². The molecule has 0 spiro atoms. The van der Waals surface area contributed by atoms with E-state index in [0.717, 1.165) is 6.42 Å². The van der Waals surface area contributed by atoms with Gasteiger partial charge in [-0.25, -0.2) is 0 Å². The molecule has 3 nitrogen and oxygen atoms in total. The molecule has 3 heteroatoms. The maximum atomic E-state index is 6.30. The van der Waals surface area contributed by atoms with E-state index >= 15 is 0 Å². The minimum Gasteiger partial charge on any atom is -0.372 e. The van der Waals surface area contributed by atoms with Crippen molar-refractivity contribution in [3.8, 4) is 0 Å².